The zero-order valence-electron chi connectivity index (χ0n) is 16.7. The fourth-order valence-corrected chi connectivity index (χ4v) is 4.30. The van der Waals surface area contributed by atoms with Crippen LogP contribution in [-0.2, 0) is 0 Å². The van der Waals surface area contributed by atoms with Crippen molar-refractivity contribution in [1.29, 1.82) is 0 Å². The number of nitrogens with one attached hydrogen (secondary N) is 1. The predicted octanol–water partition coefficient (Wildman–Crippen LogP) is 3.97. The number of aliphatic hydroxyl groups excluding tert-OH is 1. The number of piperidine rings is 1. The summed E-state index contributed by atoms with van der Waals surface area (Å²) in [5, 5.41) is 12.5. The Hall–Kier alpha value is -1.50. The number of nitrogens with zero attached hydrogens (tertiary/aromatic N) is 2. The van der Waals surface area contributed by atoms with Crippen LogP contribution in [0.25, 0.3) is 0 Å². The van der Waals surface area contributed by atoms with Gasteiger partial charge in [0.05, 0.1) is 11.1 Å². The molecule has 1 saturated carbocycles. The quantitative estimate of drug-likeness (QED) is 0.715. The molecule has 1 heterocycles. The fourth-order valence-electron chi connectivity index (χ4n) is 4.07. The summed E-state index contributed by atoms with van der Waals surface area (Å²) in [5.41, 5.74) is 0.691. The molecule has 0 unspecified atom stereocenters. The Bertz CT molecular complexity index is 644. The maximum absolute atomic E-state index is 12.6. The van der Waals surface area contributed by atoms with Gasteiger partial charge >= 0.3 is 6.03 Å². The highest BCUT2D eigenvalue weighted by atomic mass is 35.5. The lowest BCUT2D eigenvalue weighted by Crippen LogP contribution is -2.47. The Balaban J connectivity index is 1.47. The largest absolute Gasteiger partial charge is 0.489 e. The van der Waals surface area contributed by atoms with Gasteiger partial charge in [-0.2, -0.15) is 0 Å². The monoisotopic (exact) mass is 409 g/mol. The van der Waals surface area contributed by atoms with Crippen LogP contribution in [0.1, 0.15) is 44.9 Å². The van der Waals surface area contributed by atoms with Crippen molar-refractivity contribution in [3.63, 3.8) is 0 Å². The van der Waals surface area contributed by atoms with Gasteiger partial charge in [-0.15, -0.1) is 0 Å². The first kappa shape index (κ1) is 21.2. The van der Waals surface area contributed by atoms with Crippen molar-refractivity contribution in [3.8, 4) is 5.75 Å². The molecular formula is C21H32ClN3O3. The molecule has 1 aromatic rings. The van der Waals surface area contributed by atoms with Gasteiger partial charge in [0.1, 0.15) is 5.75 Å². The average Bonchev–Trinajstić information content (AvgIpc) is 3.21. The van der Waals surface area contributed by atoms with E-state index in [-0.39, 0.29) is 18.7 Å². The van der Waals surface area contributed by atoms with Crippen molar-refractivity contribution in [2.24, 2.45) is 0 Å². The first-order valence-corrected chi connectivity index (χ1v) is 10.8. The summed E-state index contributed by atoms with van der Waals surface area (Å²) in [7, 11) is 2.09. The topological polar surface area (TPSA) is 65.0 Å². The van der Waals surface area contributed by atoms with E-state index in [1.165, 1.54) is 12.8 Å². The van der Waals surface area contributed by atoms with E-state index in [4.69, 9.17) is 21.4 Å². The van der Waals surface area contributed by atoms with E-state index in [1.807, 2.05) is 17.0 Å². The maximum Gasteiger partial charge on any atom is 0.321 e. The number of benzene rings is 1. The Morgan fingerprint density at radius 3 is 2.64 bits per heavy atom. The van der Waals surface area contributed by atoms with E-state index in [0.717, 1.165) is 51.7 Å². The van der Waals surface area contributed by atoms with E-state index in [2.05, 4.69) is 17.3 Å². The highest BCUT2D eigenvalue weighted by Gasteiger charge is 2.25. The van der Waals surface area contributed by atoms with Gasteiger partial charge in [-0.25, -0.2) is 4.79 Å². The van der Waals surface area contributed by atoms with Gasteiger partial charge in [-0.05, 0) is 70.2 Å². The molecule has 2 aliphatic rings. The second-order valence-corrected chi connectivity index (χ2v) is 8.28. The molecule has 0 aromatic heterocycles. The lowest BCUT2D eigenvalue weighted by Gasteiger charge is -2.36. The Kier molecular flexibility index (Phi) is 7.82. The zero-order chi connectivity index (χ0) is 19.9. The highest BCUT2D eigenvalue weighted by Crippen LogP contribution is 2.32. The normalized spacial score (nSPS) is 18.6. The van der Waals surface area contributed by atoms with Crippen molar-refractivity contribution < 1.29 is 14.6 Å². The molecule has 3 rings (SSSR count). The number of ether oxygens (including phenoxy) is 1. The van der Waals surface area contributed by atoms with Gasteiger partial charge < -0.3 is 25.0 Å². The first-order valence-electron chi connectivity index (χ1n) is 10.4. The van der Waals surface area contributed by atoms with E-state index >= 15 is 0 Å². The number of carbonyl (C=O) groups is 1. The second kappa shape index (κ2) is 10.3. The third-order valence-corrected chi connectivity index (χ3v) is 6.12. The number of carbonyl (C=O) groups excluding carboxylic acids is 1. The van der Waals surface area contributed by atoms with Crippen molar-refractivity contribution in [2.45, 2.75) is 57.1 Å². The smallest absolute Gasteiger partial charge is 0.321 e. The molecule has 1 saturated heterocycles. The molecule has 0 bridgehead atoms. The number of aliphatic hydroxyl groups is 1. The standard InChI is InChI=1S/C21H32ClN3O3/c1-24(11-4-14-26)17-9-12-25(13-10-17)21(27)23-16-7-8-20(19(22)15-16)28-18-5-2-3-6-18/h7-8,15,17-18,26H,2-6,9-14H2,1H3,(H,23,27). The molecular weight excluding hydrogens is 378 g/mol. The third kappa shape index (κ3) is 5.75. The molecule has 1 aromatic carbocycles. The minimum atomic E-state index is -0.0861. The summed E-state index contributed by atoms with van der Waals surface area (Å²) >= 11 is 6.36. The lowest BCUT2D eigenvalue weighted by molar-refractivity contribution is 0.134. The average molecular weight is 410 g/mol. The molecule has 1 aliphatic heterocycles. The number of amides is 2. The van der Waals surface area contributed by atoms with Gasteiger partial charge in [0.15, 0.2) is 0 Å². The zero-order valence-corrected chi connectivity index (χ0v) is 17.5. The van der Waals surface area contributed by atoms with E-state index in [9.17, 15) is 4.79 Å². The Morgan fingerprint density at radius 1 is 1.29 bits per heavy atom. The number of hydrogen-bond donors (Lipinski definition) is 2. The first-order chi connectivity index (χ1) is 13.6. The molecule has 7 heteroatoms. The molecule has 156 valence electrons. The van der Waals surface area contributed by atoms with Crippen molar-refractivity contribution in [1.82, 2.24) is 9.80 Å². The van der Waals surface area contributed by atoms with Crippen LogP contribution in [0.5, 0.6) is 5.75 Å². The molecule has 0 atom stereocenters. The van der Waals surface area contributed by atoms with Crippen LogP contribution in [0.15, 0.2) is 18.2 Å². The van der Waals surface area contributed by atoms with Gasteiger partial charge in [0.2, 0.25) is 0 Å². The molecule has 2 fully saturated rings. The Morgan fingerprint density at radius 2 is 2.00 bits per heavy atom. The molecule has 6 nitrogen and oxygen atoms in total. The summed E-state index contributed by atoms with van der Waals surface area (Å²) in [4.78, 5) is 16.7. The third-order valence-electron chi connectivity index (χ3n) is 5.82. The summed E-state index contributed by atoms with van der Waals surface area (Å²) in [6.07, 6.45) is 7.54. The van der Waals surface area contributed by atoms with Crippen LogP contribution >= 0.6 is 11.6 Å². The molecule has 0 spiro atoms. The summed E-state index contributed by atoms with van der Waals surface area (Å²) in [5.74, 6) is 0.693. The van der Waals surface area contributed by atoms with Gasteiger partial charge in [0, 0.05) is 38.0 Å². The molecule has 1 aliphatic carbocycles. The second-order valence-electron chi connectivity index (χ2n) is 7.88. The fraction of sp³-hybridized carbons (Fsp3) is 0.667. The molecule has 2 amide bonds. The predicted molar refractivity (Wildman–Crippen MR) is 112 cm³/mol. The maximum atomic E-state index is 12.6. The number of hydrogen-bond acceptors (Lipinski definition) is 4. The number of halogens is 1. The van der Waals surface area contributed by atoms with Gasteiger partial charge in [0.25, 0.3) is 0 Å². The Labute approximate surface area is 172 Å². The van der Waals surface area contributed by atoms with E-state index in [1.54, 1.807) is 6.07 Å². The van der Waals surface area contributed by atoms with Crippen molar-refractivity contribution in [2.75, 3.05) is 38.6 Å². The lowest BCUT2D eigenvalue weighted by atomic mass is 10.0. The SMILES string of the molecule is CN(CCCO)C1CCN(C(=O)Nc2ccc(OC3CCCC3)c(Cl)c2)CC1. The highest BCUT2D eigenvalue weighted by molar-refractivity contribution is 6.32. The molecule has 28 heavy (non-hydrogen) atoms. The number of likely N-dealkylation sites (tertiary alicyclic amines) is 1. The number of anilines is 1. The summed E-state index contributed by atoms with van der Waals surface area (Å²) < 4.78 is 5.97. The van der Waals surface area contributed by atoms with Crippen LogP contribution in [0.2, 0.25) is 5.02 Å². The van der Waals surface area contributed by atoms with Gasteiger partial charge in [-0.3, -0.25) is 0 Å². The minimum absolute atomic E-state index is 0.0861. The van der Waals surface area contributed by atoms with Crippen LogP contribution < -0.4 is 10.1 Å². The molecule has 0 radical (unpaired) electrons. The summed E-state index contributed by atoms with van der Waals surface area (Å²) in [6.45, 7) is 2.58. The van der Waals surface area contributed by atoms with E-state index in [0.29, 0.717) is 22.5 Å². The minimum Gasteiger partial charge on any atom is -0.489 e. The molecule has 2 N–H and O–H groups in total. The van der Waals surface area contributed by atoms with Crippen LogP contribution in [0.3, 0.4) is 0 Å². The van der Waals surface area contributed by atoms with Crippen molar-refractivity contribution in [3.05, 3.63) is 23.2 Å². The van der Waals surface area contributed by atoms with Crippen LogP contribution in [-0.4, -0.2) is 66.4 Å². The van der Waals surface area contributed by atoms with Gasteiger partial charge in [-0.1, -0.05) is 11.6 Å². The van der Waals surface area contributed by atoms with Crippen LogP contribution in [0, 0.1) is 0 Å². The number of urea groups is 1. The summed E-state index contributed by atoms with van der Waals surface area (Å²) in [6, 6.07) is 5.84. The number of rotatable bonds is 7. The van der Waals surface area contributed by atoms with Crippen molar-refractivity contribution >= 4 is 23.3 Å². The van der Waals surface area contributed by atoms with E-state index < -0.39 is 0 Å². The van der Waals surface area contributed by atoms with Crippen LogP contribution in [0.4, 0.5) is 10.5 Å².